The first-order valence-corrected chi connectivity index (χ1v) is 8.81. The molecule has 0 radical (unpaired) electrons. The number of phenolic OH excluding ortho intramolecular Hbond substituents is 1. The molecule has 0 spiro atoms. The minimum atomic E-state index is 0.246. The van der Waals surface area contributed by atoms with Crippen LogP contribution in [0, 0.1) is 6.92 Å². The van der Waals surface area contributed by atoms with Gasteiger partial charge in [0.05, 0.1) is 8.95 Å². The van der Waals surface area contributed by atoms with Crippen LogP contribution in [0.15, 0.2) is 33.2 Å². The first-order chi connectivity index (χ1) is 9.45. The SMILES string of the molecule is Cc1ccc(CC(C)NCc2cc(Br)c(O)c(Br)c2)s1. The number of nitrogens with one attached hydrogen (secondary N) is 1. The van der Waals surface area contributed by atoms with E-state index in [1.807, 2.05) is 23.5 Å². The Hall–Kier alpha value is -0.360. The van der Waals surface area contributed by atoms with E-state index in [2.05, 4.69) is 63.2 Å². The number of benzene rings is 1. The number of halogens is 2. The molecule has 2 aromatic rings. The maximum Gasteiger partial charge on any atom is 0.143 e. The van der Waals surface area contributed by atoms with Crippen LogP contribution in [-0.2, 0) is 13.0 Å². The average molecular weight is 419 g/mol. The van der Waals surface area contributed by atoms with E-state index in [1.165, 1.54) is 9.75 Å². The molecule has 5 heteroatoms. The third-order valence-corrected chi connectivity index (χ3v) is 5.27. The molecule has 1 aromatic heterocycles. The van der Waals surface area contributed by atoms with Gasteiger partial charge in [0.15, 0.2) is 0 Å². The third kappa shape index (κ3) is 4.32. The van der Waals surface area contributed by atoms with Gasteiger partial charge in [-0.1, -0.05) is 0 Å². The lowest BCUT2D eigenvalue weighted by Gasteiger charge is -2.14. The van der Waals surface area contributed by atoms with Crippen molar-refractivity contribution in [2.24, 2.45) is 0 Å². The first-order valence-electron chi connectivity index (χ1n) is 6.41. The molecule has 0 aliphatic heterocycles. The molecule has 0 aliphatic carbocycles. The topological polar surface area (TPSA) is 32.3 Å². The van der Waals surface area contributed by atoms with Crippen molar-refractivity contribution in [1.29, 1.82) is 0 Å². The van der Waals surface area contributed by atoms with E-state index in [4.69, 9.17) is 0 Å². The van der Waals surface area contributed by atoms with Gasteiger partial charge < -0.3 is 10.4 Å². The quantitative estimate of drug-likeness (QED) is 0.715. The summed E-state index contributed by atoms with van der Waals surface area (Å²) in [6, 6.07) is 8.66. The lowest BCUT2D eigenvalue weighted by molar-refractivity contribution is 0.467. The highest BCUT2D eigenvalue weighted by molar-refractivity contribution is 9.11. The minimum absolute atomic E-state index is 0.246. The maximum absolute atomic E-state index is 9.69. The zero-order valence-corrected chi connectivity index (χ0v) is 15.4. The number of rotatable bonds is 5. The molecule has 0 saturated heterocycles. The Morgan fingerprint density at radius 3 is 2.45 bits per heavy atom. The summed E-state index contributed by atoms with van der Waals surface area (Å²) in [4.78, 5) is 2.77. The molecule has 2 rings (SSSR count). The smallest absolute Gasteiger partial charge is 0.143 e. The molecule has 20 heavy (non-hydrogen) atoms. The first kappa shape index (κ1) is 16.0. The molecular formula is C15H17Br2NOS. The molecule has 0 saturated carbocycles. The summed E-state index contributed by atoms with van der Waals surface area (Å²) in [5, 5.41) is 13.2. The highest BCUT2D eigenvalue weighted by Crippen LogP contribution is 2.33. The molecule has 0 bridgehead atoms. The standard InChI is InChI=1S/C15H17Br2NOS/c1-9(5-12-4-3-10(2)20-12)18-8-11-6-13(16)15(19)14(17)7-11/h3-4,6-7,9,18-19H,5,8H2,1-2H3. The predicted molar refractivity (Wildman–Crippen MR) is 92.6 cm³/mol. The molecule has 108 valence electrons. The average Bonchev–Trinajstić information content (AvgIpc) is 2.78. The van der Waals surface area contributed by atoms with Crippen molar-refractivity contribution in [3.05, 3.63) is 48.5 Å². The third-order valence-electron chi connectivity index (χ3n) is 3.03. The van der Waals surface area contributed by atoms with Crippen LogP contribution in [0.1, 0.15) is 22.2 Å². The van der Waals surface area contributed by atoms with Gasteiger partial charge in [0.25, 0.3) is 0 Å². The fourth-order valence-electron chi connectivity index (χ4n) is 1.98. The normalized spacial score (nSPS) is 12.6. The van der Waals surface area contributed by atoms with Gasteiger partial charge in [-0.05, 0) is 82.0 Å². The largest absolute Gasteiger partial charge is 0.506 e. The van der Waals surface area contributed by atoms with Gasteiger partial charge in [0.1, 0.15) is 5.75 Å². The van der Waals surface area contributed by atoms with Crippen LogP contribution in [0.2, 0.25) is 0 Å². The van der Waals surface area contributed by atoms with Crippen LogP contribution in [0.5, 0.6) is 5.75 Å². The van der Waals surface area contributed by atoms with E-state index in [0.717, 1.165) is 18.5 Å². The second-order valence-electron chi connectivity index (χ2n) is 4.91. The summed E-state index contributed by atoms with van der Waals surface area (Å²) in [6.07, 6.45) is 1.04. The second kappa shape index (κ2) is 7.07. The lowest BCUT2D eigenvalue weighted by atomic mass is 10.1. The zero-order valence-electron chi connectivity index (χ0n) is 11.4. The summed E-state index contributed by atoms with van der Waals surface area (Å²) in [5.41, 5.74) is 1.13. The van der Waals surface area contributed by atoms with Crippen LogP contribution in [-0.4, -0.2) is 11.1 Å². The monoisotopic (exact) mass is 417 g/mol. The van der Waals surface area contributed by atoms with Crippen molar-refractivity contribution < 1.29 is 5.11 Å². The number of aryl methyl sites for hydroxylation is 1. The molecule has 1 unspecified atom stereocenters. The summed E-state index contributed by atoms with van der Waals surface area (Å²) in [7, 11) is 0. The Balaban J connectivity index is 1.91. The highest BCUT2D eigenvalue weighted by Gasteiger charge is 2.08. The van der Waals surface area contributed by atoms with Crippen molar-refractivity contribution >= 4 is 43.2 Å². The zero-order chi connectivity index (χ0) is 14.7. The van der Waals surface area contributed by atoms with E-state index < -0.39 is 0 Å². The van der Waals surface area contributed by atoms with Gasteiger partial charge in [-0.3, -0.25) is 0 Å². The predicted octanol–water partition coefficient (Wildman–Crippen LogP) is 5.01. The van der Waals surface area contributed by atoms with Gasteiger partial charge in [0, 0.05) is 22.3 Å². The molecule has 1 heterocycles. The van der Waals surface area contributed by atoms with Gasteiger partial charge in [-0.15, -0.1) is 11.3 Å². The number of aromatic hydroxyl groups is 1. The second-order valence-corrected chi connectivity index (χ2v) is 7.99. The van der Waals surface area contributed by atoms with E-state index in [9.17, 15) is 5.11 Å². The van der Waals surface area contributed by atoms with E-state index in [-0.39, 0.29) is 5.75 Å². The Labute approximate surface area is 140 Å². The molecule has 2 nitrogen and oxygen atoms in total. The van der Waals surface area contributed by atoms with Crippen molar-refractivity contribution in [2.75, 3.05) is 0 Å². The van der Waals surface area contributed by atoms with Crippen LogP contribution < -0.4 is 5.32 Å². The number of thiophene rings is 1. The summed E-state index contributed by atoms with van der Waals surface area (Å²) in [6.45, 7) is 5.11. The van der Waals surface area contributed by atoms with Crippen LogP contribution in [0.25, 0.3) is 0 Å². The molecule has 0 aliphatic rings. The Bertz CT molecular complexity index is 574. The molecule has 1 aromatic carbocycles. The summed E-state index contributed by atoms with van der Waals surface area (Å²) >= 11 is 8.57. The van der Waals surface area contributed by atoms with Gasteiger partial charge in [-0.25, -0.2) is 0 Å². The van der Waals surface area contributed by atoms with Crippen molar-refractivity contribution in [1.82, 2.24) is 5.32 Å². The minimum Gasteiger partial charge on any atom is -0.506 e. The van der Waals surface area contributed by atoms with Gasteiger partial charge in [0.2, 0.25) is 0 Å². The fraction of sp³-hybridized carbons (Fsp3) is 0.333. The Morgan fingerprint density at radius 1 is 1.25 bits per heavy atom. The summed E-state index contributed by atoms with van der Waals surface area (Å²) in [5.74, 6) is 0.246. The van der Waals surface area contributed by atoms with E-state index >= 15 is 0 Å². The fourth-order valence-corrected chi connectivity index (χ4v) is 4.28. The Morgan fingerprint density at radius 2 is 1.90 bits per heavy atom. The van der Waals surface area contributed by atoms with Crippen LogP contribution in [0.4, 0.5) is 0 Å². The number of hydrogen-bond donors (Lipinski definition) is 2. The van der Waals surface area contributed by atoms with E-state index in [1.54, 1.807) is 0 Å². The maximum atomic E-state index is 9.69. The molecule has 0 fully saturated rings. The molecular weight excluding hydrogens is 402 g/mol. The summed E-state index contributed by atoms with van der Waals surface area (Å²) < 4.78 is 1.43. The van der Waals surface area contributed by atoms with Crippen molar-refractivity contribution in [2.45, 2.75) is 32.9 Å². The number of hydrogen-bond acceptors (Lipinski definition) is 3. The van der Waals surface area contributed by atoms with E-state index in [0.29, 0.717) is 15.0 Å². The molecule has 1 atom stereocenters. The van der Waals surface area contributed by atoms with Crippen molar-refractivity contribution in [3.63, 3.8) is 0 Å². The highest BCUT2D eigenvalue weighted by atomic mass is 79.9. The van der Waals surface area contributed by atoms with Crippen LogP contribution >= 0.6 is 43.2 Å². The number of phenols is 1. The molecule has 2 N–H and O–H groups in total. The lowest BCUT2D eigenvalue weighted by Crippen LogP contribution is -2.27. The van der Waals surface area contributed by atoms with Gasteiger partial charge >= 0.3 is 0 Å². The van der Waals surface area contributed by atoms with Crippen molar-refractivity contribution in [3.8, 4) is 5.75 Å². The van der Waals surface area contributed by atoms with Gasteiger partial charge in [-0.2, -0.15) is 0 Å². The Kier molecular flexibility index (Phi) is 5.66. The molecule has 0 amide bonds. The van der Waals surface area contributed by atoms with Crippen LogP contribution in [0.3, 0.4) is 0 Å².